The number of hydrogen-bond donors (Lipinski definition) is 1. The minimum Gasteiger partial charge on any atom is -0.340 e. The normalized spacial score (nSPS) is 11.7. The molecule has 12 heavy (non-hydrogen) atoms. The van der Waals surface area contributed by atoms with Gasteiger partial charge in [-0.3, -0.25) is 0 Å². The van der Waals surface area contributed by atoms with Gasteiger partial charge in [-0.1, -0.05) is 12.2 Å². The van der Waals surface area contributed by atoms with Gasteiger partial charge in [-0.05, 0) is 28.1 Å². The van der Waals surface area contributed by atoms with Crippen LogP contribution in [0.15, 0.2) is 16.7 Å². The Balaban J connectivity index is 3.28. The maximum Gasteiger partial charge on any atom is 0.418 e. The van der Waals surface area contributed by atoms with Gasteiger partial charge in [-0.15, -0.1) is 0 Å². The number of nitrogens with one attached hydrogen (secondary N) is 1. The van der Waals surface area contributed by atoms with Crippen LogP contribution in [0.25, 0.3) is 0 Å². The Morgan fingerprint density at radius 3 is 2.33 bits per heavy atom. The number of hydrogen-bond acceptors (Lipinski definition) is 1. The van der Waals surface area contributed by atoms with Gasteiger partial charge in [0.1, 0.15) is 4.64 Å². The van der Waals surface area contributed by atoms with Crippen LogP contribution < -0.4 is 0 Å². The highest BCUT2D eigenvalue weighted by Gasteiger charge is 2.32. The summed E-state index contributed by atoms with van der Waals surface area (Å²) in [5.74, 6) is 0. The number of halogens is 4. The van der Waals surface area contributed by atoms with Crippen LogP contribution in [0.2, 0.25) is 0 Å². The van der Waals surface area contributed by atoms with E-state index in [9.17, 15) is 13.2 Å². The molecule has 0 atom stereocenters. The molecule has 0 aliphatic carbocycles. The summed E-state index contributed by atoms with van der Waals surface area (Å²) < 4.78 is 36.4. The average molecular weight is 258 g/mol. The lowest BCUT2D eigenvalue weighted by atomic mass is 10.3. The van der Waals surface area contributed by atoms with Gasteiger partial charge in [-0.25, -0.2) is 0 Å². The second-order valence-corrected chi connectivity index (χ2v) is 3.28. The van der Waals surface area contributed by atoms with Crippen LogP contribution in [0, 0.1) is 4.64 Å². The lowest BCUT2D eigenvalue weighted by Gasteiger charge is -2.07. The van der Waals surface area contributed by atoms with Gasteiger partial charge in [0.05, 0.1) is 10.2 Å². The van der Waals surface area contributed by atoms with Gasteiger partial charge in [0, 0.05) is 0 Å². The van der Waals surface area contributed by atoms with Crippen LogP contribution in [0.3, 0.4) is 0 Å². The first-order valence-corrected chi connectivity index (χ1v) is 4.07. The molecule has 0 spiro atoms. The SMILES string of the molecule is FC(F)(F)c1ccc(=S)[nH]c1Br. The standard InChI is InChI=1S/C6H3BrF3NS/c7-5-3(6(8,9)10)1-2-4(12)11-5/h1-2H,(H,11,12). The first-order chi connectivity index (χ1) is 5.41. The minimum absolute atomic E-state index is 0.137. The largest absolute Gasteiger partial charge is 0.418 e. The highest BCUT2D eigenvalue weighted by Crippen LogP contribution is 2.33. The van der Waals surface area contributed by atoms with E-state index in [1.165, 1.54) is 6.07 Å². The van der Waals surface area contributed by atoms with Gasteiger partial charge in [0.15, 0.2) is 0 Å². The molecule has 0 aromatic carbocycles. The van der Waals surface area contributed by atoms with Gasteiger partial charge >= 0.3 is 6.18 Å². The average Bonchev–Trinajstić information content (AvgIpc) is 1.83. The van der Waals surface area contributed by atoms with Gasteiger partial charge in [-0.2, -0.15) is 13.2 Å². The molecule has 1 heterocycles. The van der Waals surface area contributed by atoms with Crippen molar-refractivity contribution >= 4 is 28.1 Å². The monoisotopic (exact) mass is 257 g/mol. The zero-order valence-electron chi connectivity index (χ0n) is 5.57. The Morgan fingerprint density at radius 2 is 1.92 bits per heavy atom. The summed E-state index contributed by atoms with van der Waals surface area (Å²) in [5.41, 5.74) is -0.754. The Hall–Kier alpha value is -0.360. The van der Waals surface area contributed by atoms with Crippen molar-refractivity contribution in [3.8, 4) is 0 Å². The van der Waals surface area contributed by atoms with E-state index < -0.39 is 11.7 Å². The lowest BCUT2D eigenvalue weighted by molar-refractivity contribution is -0.138. The van der Waals surface area contributed by atoms with E-state index in [-0.39, 0.29) is 9.24 Å². The molecule has 0 saturated carbocycles. The van der Waals surface area contributed by atoms with Gasteiger partial charge < -0.3 is 4.98 Å². The maximum absolute atomic E-state index is 12.1. The summed E-state index contributed by atoms with van der Waals surface area (Å²) in [5, 5.41) is 0. The fraction of sp³-hybridized carbons (Fsp3) is 0.167. The van der Waals surface area contributed by atoms with Crippen LogP contribution in [0.1, 0.15) is 5.56 Å². The molecular weight excluding hydrogens is 255 g/mol. The van der Waals surface area contributed by atoms with E-state index in [0.717, 1.165) is 6.07 Å². The summed E-state index contributed by atoms with van der Waals surface area (Å²) in [6.07, 6.45) is -4.35. The van der Waals surface area contributed by atoms with Crippen molar-refractivity contribution in [3.63, 3.8) is 0 Å². The number of rotatable bonds is 0. The number of alkyl halides is 3. The number of H-pyrrole nitrogens is 1. The first-order valence-electron chi connectivity index (χ1n) is 2.87. The van der Waals surface area contributed by atoms with E-state index in [1.807, 2.05) is 0 Å². The molecule has 0 fully saturated rings. The van der Waals surface area contributed by atoms with Crippen molar-refractivity contribution in [1.82, 2.24) is 4.98 Å². The molecule has 66 valence electrons. The fourth-order valence-corrected chi connectivity index (χ4v) is 1.54. The highest BCUT2D eigenvalue weighted by atomic mass is 79.9. The second kappa shape index (κ2) is 3.18. The molecule has 0 aliphatic heterocycles. The Labute approximate surface area is 79.7 Å². The van der Waals surface area contributed by atoms with Crippen molar-refractivity contribution < 1.29 is 13.2 Å². The van der Waals surface area contributed by atoms with Crippen molar-refractivity contribution in [1.29, 1.82) is 0 Å². The Kier molecular flexibility index (Phi) is 2.58. The summed E-state index contributed by atoms with van der Waals surface area (Å²) in [6, 6.07) is 2.13. The highest BCUT2D eigenvalue weighted by molar-refractivity contribution is 9.10. The number of pyridine rings is 1. The lowest BCUT2D eigenvalue weighted by Crippen LogP contribution is -2.06. The topological polar surface area (TPSA) is 15.8 Å². The van der Waals surface area contributed by atoms with Crippen LogP contribution >= 0.6 is 28.1 Å². The zero-order valence-corrected chi connectivity index (χ0v) is 7.98. The van der Waals surface area contributed by atoms with Crippen LogP contribution in [0.4, 0.5) is 13.2 Å². The quantitative estimate of drug-likeness (QED) is 0.556. The smallest absolute Gasteiger partial charge is 0.340 e. The summed E-state index contributed by atoms with van der Waals surface area (Å²) >= 11 is 7.37. The molecule has 1 aromatic heterocycles. The van der Waals surface area contributed by atoms with Crippen molar-refractivity contribution in [2.45, 2.75) is 6.18 Å². The van der Waals surface area contributed by atoms with E-state index >= 15 is 0 Å². The van der Waals surface area contributed by atoms with Gasteiger partial charge in [0.25, 0.3) is 0 Å². The molecule has 0 saturated heterocycles. The Bertz CT molecular complexity index is 343. The van der Waals surface area contributed by atoms with Crippen LogP contribution in [-0.4, -0.2) is 4.98 Å². The molecule has 0 amide bonds. The third-order valence-electron chi connectivity index (χ3n) is 1.18. The molecule has 1 rings (SSSR count). The molecular formula is C6H3BrF3NS. The molecule has 1 N–H and O–H groups in total. The fourth-order valence-electron chi connectivity index (χ4n) is 0.668. The van der Waals surface area contributed by atoms with Crippen molar-refractivity contribution in [3.05, 3.63) is 26.9 Å². The zero-order chi connectivity index (χ0) is 9.35. The second-order valence-electron chi connectivity index (χ2n) is 2.05. The molecule has 0 aliphatic rings. The minimum atomic E-state index is -4.35. The summed E-state index contributed by atoms with van der Waals surface area (Å²) in [7, 11) is 0. The maximum atomic E-state index is 12.1. The van der Waals surface area contributed by atoms with Gasteiger partial charge in [0.2, 0.25) is 0 Å². The molecule has 6 heteroatoms. The van der Waals surface area contributed by atoms with E-state index in [2.05, 4.69) is 33.1 Å². The van der Waals surface area contributed by atoms with E-state index in [0.29, 0.717) is 0 Å². The van der Waals surface area contributed by atoms with E-state index in [4.69, 9.17) is 0 Å². The molecule has 1 aromatic rings. The number of aromatic nitrogens is 1. The third kappa shape index (κ3) is 2.07. The molecule has 0 unspecified atom stereocenters. The predicted octanol–water partition coefficient (Wildman–Crippen LogP) is 3.53. The summed E-state index contributed by atoms with van der Waals surface area (Å²) in [6.45, 7) is 0. The third-order valence-corrected chi connectivity index (χ3v) is 2.04. The first kappa shape index (κ1) is 9.73. The molecule has 0 bridgehead atoms. The molecule has 0 radical (unpaired) electrons. The Morgan fingerprint density at radius 1 is 1.33 bits per heavy atom. The predicted molar refractivity (Wildman–Crippen MR) is 44.3 cm³/mol. The molecule has 1 nitrogen and oxygen atoms in total. The summed E-state index contributed by atoms with van der Waals surface area (Å²) in [4.78, 5) is 2.36. The number of aromatic amines is 1. The van der Waals surface area contributed by atoms with Crippen molar-refractivity contribution in [2.24, 2.45) is 0 Å². The van der Waals surface area contributed by atoms with Crippen LogP contribution in [-0.2, 0) is 6.18 Å². The van der Waals surface area contributed by atoms with Crippen LogP contribution in [0.5, 0.6) is 0 Å². The van der Waals surface area contributed by atoms with Crippen molar-refractivity contribution in [2.75, 3.05) is 0 Å². The van der Waals surface area contributed by atoms with E-state index in [1.54, 1.807) is 0 Å².